The number of nitrogens with one attached hydrogen (secondary N) is 2. The van der Waals surface area contributed by atoms with E-state index in [1.807, 2.05) is 25.1 Å². The van der Waals surface area contributed by atoms with Crippen molar-refractivity contribution in [2.45, 2.75) is 6.92 Å². The van der Waals surface area contributed by atoms with Gasteiger partial charge in [0.1, 0.15) is 11.6 Å². The summed E-state index contributed by atoms with van der Waals surface area (Å²) in [6, 6.07) is 9.11. The number of anilines is 4. The summed E-state index contributed by atoms with van der Waals surface area (Å²) >= 11 is 0. The molecular weight excluding hydrogens is 368 g/mol. The molecule has 1 aliphatic rings. The molecule has 148 valence electrons. The van der Waals surface area contributed by atoms with Gasteiger partial charge in [-0.3, -0.25) is 9.78 Å². The van der Waals surface area contributed by atoms with E-state index in [0.29, 0.717) is 36.1 Å². The third-order valence-corrected chi connectivity index (χ3v) is 4.55. The highest BCUT2D eigenvalue weighted by atomic mass is 16.5. The summed E-state index contributed by atoms with van der Waals surface area (Å²) < 4.78 is 5.39. The predicted molar refractivity (Wildman–Crippen MR) is 112 cm³/mol. The molecule has 0 atom stereocenters. The van der Waals surface area contributed by atoms with Crippen molar-refractivity contribution in [2.75, 3.05) is 41.8 Å². The second-order valence-corrected chi connectivity index (χ2v) is 6.76. The van der Waals surface area contributed by atoms with E-state index in [9.17, 15) is 4.79 Å². The third kappa shape index (κ3) is 4.85. The van der Waals surface area contributed by atoms with Crippen molar-refractivity contribution < 1.29 is 9.53 Å². The minimum Gasteiger partial charge on any atom is -0.378 e. The molecule has 4 heterocycles. The zero-order valence-corrected chi connectivity index (χ0v) is 16.1. The monoisotopic (exact) mass is 390 g/mol. The van der Waals surface area contributed by atoms with Gasteiger partial charge in [-0.1, -0.05) is 6.07 Å². The minimum atomic E-state index is -0.228. The molecule has 1 aliphatic heterocycles. The highest BCUT2D eigenvalue weighted by Crippen LogP contribution is 2.20. The number of hydrogen-bond acceptors (Lipinski definition) is 7. The summed E-state index contributed by atoms with van der Waals surface area (Å²) in [4.78, 5) is 27.7. The van der Waals surface area contributed by atoms with Crippen LogP contribution >= 0.6 is 0 Å². The fraction of sp³-hybridized carbons (Fsp3) is 0.238. The smallest absolute Gasteiger partial charge is 0.255 e. The van der Waals surface area contributed by atoms with Gasteiger partial charge in [-0.2, -0.15) is 0 Å². The van der Waals surface area contributed by atoms with E-state index in [1.54, 1.807) is 36.9 Å². The van der Waals surface area contributed by atoms with Crippen molar-refractivity contribution in [3.05, 3.63) is 66.2 Å². The van der Waals surface area contributed by atoms with Crippen molar-refractivity contribution in [1.82, 2.24) is 15.0 Å². The molecule has 1 fully saturated rings. The summed E-state index contributed by atoms with van der Waals surface area (Å²) in [5.74, 6) is 0.991. The van der Waals surface area contributed by atoms with Gasteiger partial charge < -0.3 is 20.3 Å². The molecular formula is C21H22N6O2. The Morgan fingerprint density at radius 1 is 1.03 bits per heavy atom. The normalized spacial score (nSPS) is 13.8. The lowest BCUT2D eigenvalue weighted by molar-refractivity contribution is 0.102. The van der Waals surface area contributed by atoms with E-state index >= 15 is 0 Å². The number of morpholine rings is 1. The topological polar surface area (TPSA) is 92.3 Å². The van der Waals surface area contributed by atoms with Crippen LogP contribution in [0.1, 0.15) is 15.9 Å². The minimum absolute atomic E-state index is 0.228. The number of aromatic nitrogens is 3. The number of carbonyl (C=O) groups excluding carboxylic acids is 1. The highest BCUT2D eigenvalue weighted by molar-refractivity contribution is 6.04. The maximum atomic E-state index is 12.7. The molecule has 3 aromatic rings. The van der Waals surface area contributed by atoms with Crippen molar-refractivity contribution in [3.8, 4) is 0 Å². The van der Waals surface area contributed by atoms with Crippen LogP contribution in [0.5, 0.6) is 0 Å². The van der Waals surface area contributed by atoms with Gasteiger partial charge in [0.2, 0.25) is 0 Å². The molecule has 3 aromatic heterocycles. The first-order valence-corrected chi connectivity index (χ1v) is 9.42. The largest absolute Gasteiger partial charge is 0.378 e. The Labute approximate surface area is 169 Å². The van der Waals surface area contributed by atoms with E-state index in [2.05, 4.69) is 30.5 Å². The predicted octanol–water partition coefficient (Wildman–Crippen LogP) is 3.01. The highest BCUT2D eigenvalue weighted by Gasteiger charge is 2.13. The van der Waals surface area contributed by atoms with Gasteiger partial charge in [0.05, 0.1) is 37.0 Å². The second kappa shape index (κ2) is 8.66. The van der Waals surface area contributed by atoms with E-state index in [4.69, 9.17) is 4.74 Å². The Kier molecular flexibility index (Phi) is 5.62. The summed E-state index contributed by atoms with van der Waals surface area (Å²) in [6.45, 7) is 4.98. The number of pyridine rings is 3. The van der Waals surface area contributed by atoms with Gasteiger partial charge in [-0.05, 0) is 36.8 Å². The van der Waals surface area contributed by atoms with Crippen LogP contribution < -0.4 is 15.5 Å². The standard InChI is InChI=1S/C21H22N6O2/c1-15-2-3-19(24-12-15)26-20-10-16(4-5-23-20)21(28)25-17-11-18(14-22-13-17)27-6-8-29-9-7-27/h2-5,10-14H,6-9H2,1H3,(H,25,28)(H,23,24,26). The number of rotatable bonds is 5. The Bertz CT molecular complexity index is 986. The molecule has 4 rings (SSSR count). The first-order chi connectivity index (χ1) is 14.2. The molecule has 29 heavy (non-hydrogen) atoms. The Morgan fingerprint density at radius 2 is 1.90 bits per heavy atom. The van der Waals surface area contributed by atoms with Crippen LogP contribution in [-0.4, -0.2) is 47.2 Å². The van der Waals surface area contributed by atoms with E-state index < -0.39 is 0 Å². The molecule has 0 aliphatic carbocycles. The molecule has 0 unspecified atom stereocenters. The van der Waals surface area contributed by atoms with Crippen LogP contribution in [0.3, 0.4) is 0 Å². The van der Waals surface area contributed by atoms with Gasteiger partial charge in [0, 0.05) is 31.0 Å². The maximum absolute atomic E-state index is 12.7. The van der Waals surface area contributed by atoms with E-state index in [-0.39, 0.29) is 5.91 Å². The van der Waals surface area contributed by atoms with E-state index in [0.717, 1.165) is 24.3 Å². The summed E-state index contributed by atoms with van der Waals surface area (Å²) in [6.07, 6.45) is 6.80. The molecule has 8 heteroatoms. The molecule has 0 spiro atoms. The molecule has 1 saturated heterocycles. The Hall–Kier alpha value is -3.52. The number of carbonyl (C=O) groups is 1. The van der Waals surface area contributed by atoms with Crippen LogP contribution in [0.4, 0.5) is 23.0 Å². The lowest BCUT2D eigenvalue weighted by atomic mass is 10.2. The molecule has 0 radical (unpaired) electrons. The van der Waals surface area contributed by atoms with Crippen molar-refractivity contribution in [3.63, 3.8) is 0 Å². The van der Waals surface area contributed by atoms with Crippen LogP contribution in [-0.2, 0) is 4.74 Å². The average Bonchev–Trinajstić information content (AvgIpc) is 2.76. The van der Waals surface area contributed by atoms with Gasteiger partial charge in [0.25, 0.3) is 5.91 Å². The summed E-state index contributed by atoms with van der Waals surface area (Å²) in [5.41, 5.74) is 3.18. The quantitative estimate of drug-likeness (QED) is 0.692. The fourth-order valence-electron chi connectivity index (χ4n) is 3.01. The maximum Gasteiger partial charge on any atom is 0.255 e. The molecule has 0 saturated carbocycles. The first kappa shape index (κ1) is 18.8. The Morgan fingerprint density at radius 3 is 2.69 bits per heavy atom. The zero-order valence-electron chi connectivity index (χ0n) is 16.1. The number of aryl methyl sites for hydroxylation is 1. The zero-order chi connectivity index (χ0) is 20.1. The van der Waals surface area contributed by atoms with Gasteiger partial charge in [-0.15, -0.1) is 0 Å². The summed E-state index contributed by atoms with van der Waals surface area (Å²) in [5, 5.41) is 6.02. The van der Waals surface area contributed by atoms with E-state index in [1.165, 1.54) is 0 Å². The number of hydrogen-bond donors (Lipinski definition) is 2. The van der Waals surface area contributed by atoms with Crippen molar-refractivity contribution in [2.24, 2.45) is 0 Å². The van der Waals surface area contributed by atoms with Crippen LogP contribution in [0, 0.1) is 6.92 Å². The lowest BCUT2D eigenvalue weighted by Gasteiger charge is -2.28. The van der Waals surface area contributed by atoms with Crippen molar-refractivity contribution in [1.29, 1.82) is 0 Å². The molecule has 8 nitrogen and oxygen atoms in total. The summed E-state index contributed by atoms with van der Waals surface area (Å²) in [7, 11) is 0. The van der Waals surface area contributed by atoms with Gasteiger partial charge >= 0.3 is 0 Å². The second-order valence-electron chi connectivity index (χ2n) is 6.76. The fourth-order valence-corrected chi connectivity index (χ4v) is 3.01. The van der Waals surface area contributed by atoms with Gasteiger partial charge in [0.15, 0.2) is 0 Å². The van der Waals surface area contributed by atoms with Crippen LogP contribution in [0.2, 0.25) is 0 Å². The lowest BCUT2D eigenvalue weighted by Crippen LogP contribution is -2.36. The number of ether oxygens (including phenoxy) is 1. The van der Waals surface area contributed by atoms with Crippen molar-refractivity contribution >= 4 is 28.9 Å². The third-order valence-electron chi connectivity index (χ3n) is 4.55. The first-order valence-electron chi connectivity index (χ1n) is 9.42. The Balaban J connectivity index is 1.45. The van der Waals surface area contributed by atoms with Crippen LogP contribution in [0.15, 0.2) is 55.1 Å². The SMILES string of the molecule is Cc1ccc(Nc2cc(C(=O)Nc3cncc(N4CCOCC4)c3)ccn2)nc1. The molecule has 0 aromatic carbocycles. The average molecular weight is 390 g/mol. The molecule has 2 N–H and O–H groups in total. The van der Waals surface area contributed by atoms with Gasteiger partial charge in [-0.25, -0.2) is 9.97 Å². The molecule has 1 amide bonds. The number of amides is 1. The van der Waals surface area contributed by atoms with Crippen LogP contribution in [0.25, 0.3) is 0 Å². The number of nitrogens with zero attached hydrogens (tertiary/aromatic N) is 4. The molecule has 0 bridgehead atoms.